The standard InChI is InChI=1S/C70H67BN4/c1-46-39-64-66-65(40-46)74(60-35-28-53(68(5,6)7)43-56(60)48-21-14-11-15-22-48)62-42-50(47-19-12-10-13-20-47)24-32-58(62)71(66)59-33-31-55(44-63(59)73(64)54-29-26-52(27-30-54)67(2,3)4)75-61-34-25-49(51-23-18-38-72-45-51)41-57(61)69(8)36-16-17-37-70(69,75)9/h10-15,18-35,38-45H,16-17,36-37H2,1-9H3. The Morgan fingerprint density at radius 2 is 1.05 bits per heavy atom. The summed E-state index contributed by atoms with van der Waals surface area (Å²) in [6.45, 7) is 21.3. The molecule has 2 atom stereocenters. The molecule has 1 aliphatic carbocycles. The molecule has 75 heavy (non-hydrogen) atoms. The smallest absolute Gasteiger partial charge is 0.252 e. The van der Waals surface area contributed by atoms with Crippen LogP contribution in [0.25, 0.3) is 33.4 Å². The van der Waals surface area contributed by atoms with Gasteiger partial charge in [0.15, 0.2) is 0 Å². The number of pyridine rings is 1. The minimum atomic E-state index is -0.129. The summed E-state index contributed by atoms with van der Waals surface area (Å²) < 4.78 is 0. The maximum Gasteiger partial charge on any atom is 0.252 e. The summed E-state index contributed by atoms with van der Waals surface area (Å²) in [5, 5.41) is 0. The Balaban J connectivity index is 1.08. The SMILES string of the molecule is Cc1cc2c3c(c1)N(c1ccc(C(C)(C)C)cc1-c1ccccc1)c1cc(-c4ccccc4)ccc1B3c1ccc(N3c4ccc(-c5cccnc5)cc4C4(C)CCCCC34C)cc1N2c1ccc(C(C)(C)C)cc1. The zero-order valence-corrected chi connectivity index (χ0v) is 45.2. The molecule has 1 fully saturated rings. The normalized spacial score (nSPS) is 18.5. The maximum absolute atomic E-state index is 4.52. The van der Waals surface area contributed by atoms with Crippen molar-refractivity contribution in [2.45, 2.75) is 110 Å². The highest BCUT2D eigenvalue weighted by Gasteiger charge is 2.58. The average molecular weight is 975 g/mol. The first-order valence-electron chi connectivity index (χ1n) is 27.3. The molecule has 8 aromatic carbocycles. The molecule has 0 radical (unpaired) electrons. The van der Waals surface area contributed by atoms with Gasteiger partial charge in [-0.3, -0.25) is 4.98 Å². The minimum Gasteiger partial charge on any atom is -0.334 e. The molecule has 5 heteroatoms. The molecule has 4 aliphatic rings. The zero-order valence-electron chi connectivity index (χ0n) is 45.2. The van der Waals surface area contributed by atoms with E-state index in [2.05, 4.69) is 264 Å². The summed E-state index contributed by atoms with van der Waals surface area (Å²) in [5.74, 6) is 0. The second kappa shape index (κ2) is 17.2. The van der Waals surface area contributed by atoms with Gasteiger partial charge in [-0.1, -0.05) is 171 Å². The predicted molar refractivity (Wildman–Crippen MR) is 320 cm³/mol. The number of benzene rings is 8. The Morgan fingerprint density at radius 3 is 1.75 bits per heavy atom. The van der Waals surface area contributed by atoms with Gasteiger partial charge < -0.3 is 14.7 Å². The van der Waals surface area contributed by atoms with E-state index in [4.69, 9.17) is 0 Å². The fraction of sp³-hybridized carbons (Fsp3) is 0.243. The van der Waals surface area contributed by atoms with E-state index in [-0.39, 0.29) is 28.5 Å². The lowest BCUT2D eigenvalue weighted by Crippen LogP contribution is -2.61. The highest BCUT2D eigenvalue weighted by Crippen LogP contribution is 2.62. The third-order valence-corrected chi connectivity index (χ3v) is 17.8. The topological polar surface area (TPSA) is 22.6 Å². The van der Waals surface area contributed by atoms with E-state index in [9.17, 15) is 0 Å². The molecular formula is C70H67BN4. The van der Waals surface area contributed by atoms with Gasteiger partial charge in [0, 0.05) is 63.2 Å². The molecule has 370 valence electrons. The summed E-state index contributed by atoms with van der Waals surface area (Å²) in [6, 6.07) is 69.8. The number of aryl methyl sites for hydroxylation is 1. The van der Waals surface area contributed by atoms with Crippen molar-refractivity contribution < 1.29 is 0 Å². The van der Waals surface area contributed by atoms with Crippen LogP contribution in [0, 0.1) is 6.92 Å². The first-order chi connectivity index (χ1) is 36.1. The van der Waals surface area contributed by atoms with Gasteiger partial charge in [-0.2, -0.15) is 0 Å². The number of aromatic nitrogens is 1. The number of fused-ring (bicyclic) bond motifs is 7. The van der Waals surface area contributed by atoms with Crippen molar-refractivity contribution in [1.29, 1.82) is 0 Å². The summed E-state index contributed by atoms with van der Waals surface area (Å²) in [6.07, 6.45) is 8.59. The zero-order chi connectivity index (χ0) is 51.6. The second-order valence-electron chi connectivity index (χ2n) is 24.5. The Morgan fingerprint density at radius 1 is 0.467 bits per heavy atom. The van der Waals surface area contributed by atoms with Gasteiger partial charge in [0.05, 0.1) is 11.2 Å². The van der Waals surface area contributed by atoms with Gasteiger partial charge in [-0.15, -0.1) is 0 Å². The Labute approximate surface area is 445 Å². The number of anilines is 8. The first-order valence-corrected chi connectivity index (χ1v) is 27.3. The van der Waals surface area contributed by atoms with Crippen molar-refractivity contribution in [2.24, 2.45) is 0 Å². The van der Waals surface area contributed by atoms with Crippen molar-refractivity contribution in [3.05, 3.63) is 217 Å². The van der Waals surface area contributed by atoms with Crippen LogP contribution in [-0.2, 0) is 16.2 Å². The van der Waals surface area contributed by atoms with Crippen LogP contribution in [0.3, 0.4) is 0 Å². The molecule has 0 bridgehead atoms. The molecule has 2 unspecified atom stereocenters. The van der Waals surface area contributed by atoms with E-state index in [1.807, 2.05) is 12.4 Å². The Hall–Kier alpha value is -7.63. The molecule has 0 spiro atoms. The maximum atomic E-state index is 4.52. The molecule has 1 saturated carbocycles. The fourth-order valence-electron chi connectivity index (χ4n) is 13.6. The molecule has 0 N–H and O–H groups in total. The van der Waals surface area contributed by atoms with Gasteiger partial charge in [0.1, 0.15) is 0 Å². The Kier molecular flexibility index (Phi) is 10.8. The van der Waals surface area contributed by atoms with Crippen molar-refractivity contribution in [3.63, 3.8) is 0 Å². The molecule has 1 aromatic heterocycles. The van der Waals surface area contributed by atoms with Gasteiger partial charge in [-0.25, -0.2) is 0 Å². The Bertz CT molecular complexity index is 3690. The van der Waals surface area contributed by atoms with Crippen LogP contribution in [0.4, 0.5) is 45.5 Å². The lowest BCUT2D eigenvalue weighted by Gasteiger charge is -2.50. The van der Waals surface area contributed by atoms with Crippen LogP contribution in [0.15, 0.2) is 194 Å². The highest BCUT2D eigenvalue weighted by atomic mass is 15.3. The molecule has 0 amide bonds. The van der Waals surface area contributed by atoms with E-state index in [0.717, 1.165) is 18.4 Å². The van der Waals surface area contributed by atoms with E-state index in [0.29, 0.717) is 0 Å². The third kappa shape index (κ3) is 7.43. The first kappa shape index (κ1) is 47.1. The number of nitrogens with zero attached hydrogens (tertiary/aromatic N) is 4. The number of rotatable bonds is 6. The lowest BCUT2D eigenvalue weighted by atomic mass is 9.33. The molecule has 3 aliphatic heterocycles. The van der Waals surface area contributed by atoms with E-state index in [1.165, 1.54) is 125 Å². The van der Waals surface area contributed by atoms with Crippen molar-refractivity contribution >= 4 is 68.6 Å². The average Bonchev–Trinajstić information content (AvgIpc) is 3.69. The number of hydrogen-bond donors (Lipinski definition) is 0. The quantitative estimate of drug-likeness (QED) is 0.155. The van der Waals surface area contributed by atoms with Crippen LogP contribution >= 0.6 is 0 Å². The molecule has 13 rings (SSSR count). The van der Waals surface area contributed by atoms with Gasteiger partial charge in [0.25, 0.3) is 6.71 Å². The third-order valence-electron chi connectivity index (χ3n) is 17.8. The molecular weight excluding hydrogens is 908 g/mol. The van der Waals surface area contributed by atoms with E-state index >= 15 is 0 Å². The number of hydrogen-bond acceptors (Lipinski definition) is 4. The van der Waals surface area contributed by atoms with Crippen molar-refractivity contribution in [1.82, 2.24) is 4.98 Å². The van der Waals surface area contributed by atoms with Crippen LogP contribution in [0.5, 0.6) is 0 Å². The molecule has 4 heterocycles. The van der Waals surface area contributed by atoms with Gasteiger partial charge in [-0.05, 0) is 177 Å². The molecule has 4 nitrogen and oxygen atoms in total. The second-order valence-corrected chi connectivity index (χ2v) is 24.5. The van der Waals surface area contributed by atoms with Crippen LogP contribution < -0.4 is 31.1 Å². The monoisotopic (exact) mass is 975 g/mol. The summed E-state index contributed by atoms with van der Waals surface area (Å²) in [4.78, 5) is 12.5. The van der Waals surface area contributed by atoms with Crippen molar-refractivity contribution in [2.75, 3.05) is 14.7 Å². The minimum absolute atomic E-state index is 0.0169. The van der Waals surface area contributed by atoms with Crippen molar-refractivity contribution in [3.8, 4) is 33.4 Å². The van der Waals surface area contributed by atoms with Crippen LogP contribution in [0.2, 0.25) is 0 Å². The predicted octanol–water partition coefficient (Wildman–Crippen LogP) is 16.8. The highest BCUT2D eigenvalue weighted by molar-refractivity contribution is 7.00. The van der Waals surface area contributed by atoms with Crippen LogP contribution in [-0.4, -0.2) is 17.2 Å². The summed E-state index contributed by atoms with van der Waals surface area (Å²) in [5.41, 5.74) is 26.2. The fourth-order valence-corrected chi connectivity index (χ4v) is 13.6. The van der Waals surface area contributed by atoms with E-state index in [1.54, 1.807) is 0 Å². The lowest BCUT2D eigenvalue weighted by molar-refractivity contribution is 0.195. The van der Waals surface area contributed by atoms with Gasteiger partial charge >= 0.3 is 0 Å². The summed E-state index contributed by atoms with van der Waals surface area (Å²) in [7, 11) is 0. The van der Waals surface area contributed by atoms with Gasteiger partial charge in [0.2, 0.25) is 0 Å². The van der Waals surface area contributed by atoms with Crippen LogP contribution in [0.1, 0.15) is 103 Å². The van der Waals surface area contributed by atoms with E-state index < -0.39 is 0 Å². The molecule has 9 aromatic rings. The summed E-state index contributed by atoms with van der Waals surface area (Å²) >= 11 is 0. The molecule has 0 saturated heterocycles. The largest absolute Gasteiger partial charge is 0.334 e.